The van der Waals surface area contributed by atoms with Crippen molar-refractivity contribution in [1.82, 2.24) is 10.2 Å². The van der Waals surface area contributed by atoms with Crippen LogP contribution in [0, 0.1) is 5.82 Å². The lowest BCUT2D eigenvalue weighted by Crippen LogP contribution is -2.38. The van der Waals surface area contributed by atoms with E-state index in [0.29, 0.717) is 33.0 Å². The molecule has 2 N–H and O–H groups in total. The van der Waals surface area contributed by atoms with Gasteiger partial charge in [-0.25, -0.2) is 14.1 Å². The molecule has 11 heteroatoms. The Balaban J connectivity index is 1.47. The number of rotatable bonds is 9. The summed E-state index contributed by atoms with van der Waals surface area (Å²) in [6, 6.07) is 15.3. The van der Waals surface area contributed by atoms with Crippen molar-refractivity contribution in [2.75, 3.05) is 26.1 Å². The van der Waals surface area contributed by atoms with E-state index in [2.05, 4.69) is 26.6 Å². The second kappa shape index (κ2) is 11.8. The third-order valence-corrected chi connectivity index (χ3v) is 6.09. The van der Waals surface area contributed by atoms with Crippen LogP contribution in [0.4, 0.5) is 14.9 Å². The molecule has 1 fully saturated rings. The zero-order valence-corrected chi connectivity index (χ0v) is 22.0. The molecule has 1 heterocycles. The van der Waals surface area contributed by atoms with Gasteiger partial charge in [0.05, 0.1) is 24.4 Å². The quantitative estimate of drug-likeness (QED) is 0.279. The van der Waals surface area contributed by atoms with Gasteiger partial charge in [0.15, 0.2) is 11.5 Å². The number of methoxy groups -OCH3 is 2. The van der Waals surface area contributed by atoms with Crippen LogP contribution in [-0.4, -0.2) is 43.5 Å². The molecule has 0 spiro atoms. The van der Waals surface area contributed by atoms with Gasteiger partial charge in [0, 0.05) is 0 Å². The van der Waals surface area contributed by atoms with Crippen molar-refractivity contribution < 1.29 is 33.0 Å². The molecule has 0 saturated carbocycles. The Bertz CT molecular complexity index is 1410. The van der Waals surface area contributed by atoms with Crippen molar-refractivity contribution in [3.63, 3.8) is 0 Å². The van der Waals surface area contributed by atoms with E-state index in [1.54, 1.807) is 48.5 Å². The van der Waals surface area contributed by atoms with Crippen LogP contribution in [0.25, 0.3) is 6.08 Å². The van der Waals surface area contributed by atoms with Crippen LogP contribution in [0.3, 0.4) is 0 Å². The summed E-state index contributed by atoms with van der Waals surface area (Å²) in [6.07, 6.45) is 1.47. The molecule has 0 atom stereocenters. The largest absolute Gasteiger partial charge is 0.495 e. The minimum atomic E-state index is -0.721. The molecular formula is C27H23BrFN3O6. The summed E-state index contributed by atoms with van der Waals surface area (Å²) in [5, 5.41) is 5.13. The summed E-state index contributed by atoms with van der Waals surface area (Å²) in [4.78, 5) is 38.7. The first kappa shape index (κ1) is 26.7. The molecule has 0 radical (unpaired) electrons. The summed E-state index contributed by atoms with van der Waals surface area (Å²) < 4.78 is 30.2. The number of para-hydroxylation sites is 2. The minimum absolute atomic E-state index is 0.00553. The Morgan fingerprint density at radius 3 is 2.47 bits per heavy atom. The first-order valence-electron chi connectivity index (χ1n) is 11.3. The van der Waals surface area contributed by atoms with Gasteiger partial charge in [0.1, 0.15) is 30.4 Å². The van der Waals surface area contributed by atoms with Gasteiger partial charge in [0.2, 0.25) is 5.91 Å². The predicted octanol–water partition coefficient (Wildman–Crippen LogP) is 4.72. The zero-order valence-electron chi connectivity index (χ0n) is 20.4. The van der Waals surface area contributed by atoms with Crippen LogP contribution in [0.2, 0.25) is 0 Å². The standard InChI is InChI=1S/C27H23BrFN3O6/c1-36-22-6-4-3-5-20(22)30-24(33)14-32-26(34)21(31-27(32)35)12-17-11-19(28)25(23(13-17)37-2)38-15-16-7-9-18(29)10-8-16/h3-13H,14-15H2,1-2H3,(H,30,33)(H,31,35)/b21-12+. The number of nitrogens with one attached hydrogen (secondary N) is 2. The lowest BCUT2D eigenvalue weighted by molar-refractivity contribution is -0.127. The summed E-state index contributed by atoms with van der Waals surface area (Å²) in [7, 11) is 2.94. The number of hydrogen-bond donors (Lipinski definition) is 2. The predicted molar refractivity (Wildman–Crippen MR) is 141 cm³/mol. The van der Waals surface area contributed by atoms with E-state index in [1.165, 1.54) is 32.4 Å². The van der Waals surface area contributed by atoms with E-state index in [9.17, 15) is 18.8 Å². The van der Waals surface area contributed by atoms with E-state index >= 15 is 0 Å². The van der Waals surface area contributed by atoms with Gasteiger partial charge in [-0.3, -0.25) is 9.59 Å². The fourth-order valence-electron chi connectivity index (χ4n) is 3.66. The molecule has 3 aromatic rings. The Labute approximate surface area is 226 Å². The van der Waals surface area contributed by atoms with Crippen LogP contribution in [0.5, 0.6) is 17.2 Å². The zero-order chi connectivity index (χ0) is 27.2. The molecule has 38 heavy (non-hydrogen) atoms. The van der Waals surface area contributed by atoms with Crippen molar-refractivity contribution in [2.24, 2.45) is 0 Å². The topological polar surface area (TPSA) is 106 Å². The SMILES string of the molecule is COc1ccccc1NC(=O)CN1C(=O)N/C(=C/c2cc(Br)c(OCc3ccc(F)cc3)c(OC)c2)C1=O. The molecule has 3 aromatic carbocycles. The lowest BCUT2D eigenvalue weighted by atomic mass is 10.1. The van der Waals surface area contributed by atoms with E-state index in [0.717, 1.165) is 10.5 Å². The van der Waals surface area contributed by atoms with Gasteiger partial charge in [-0.15, -0.1) is 0 Å². The number of imide groups is 1. The first-order chi connectivity index (χ1) is 18.3. The molecule has 1 aliphatic rings. The summed E-state index contributed by atoms with van der Waals surface area (Å²) >= 11 is 3.45. The number of halogens is 2. The average Bonchev–Trinajstić information content (AvgIpc) is 3.16. The number of anilines is 1. The van der Waals surface area contributed by atoms with Gasteiger partial charge in [0.25, 0.3) is 5.91 Å². The van der Waals surface area contributed by atoms with E-state index in [1.807, 2.05) is 0 Å². The number of hydrogen-bond acceptors (Lipinski definition) is 6. The van der Waals surface area contributed by atoms with E-state index < -0.39 is 24.4 Å². The molecule has 196 valence electrons. The van der Waals surface area contributed by atoms with Gasteiger partial charge in [-0.05, 0) is 69.5 Å². The number of ether oxygens (including phenoxy) is 3. The summed E-state index contributed by atoms with van der Waals surface area (Å²) in [6.45, 7) is -0.306. The summed E-state index contributed by atoms with van der Waals surface area (Å²) in [5.41, 5.74) is 1.71. The summed E-state index contributed by atoms with van der Waals surface area (Å²) in [5.74, 6) is -0.325. The highest BCUT2D eigenvalue weighted by Gasteiger charge is 2.35. The van der Waals surface area contributed by atoms with Crippen molar-refractivity contribution >= 4 is 45.5 Å². The number of urea groups is 1. The third-order valence-electron chi connectivity index (χ3n) is 5.50. The molecule has 0 bridgehead atoms. The molecule has 0 unspecified atom stereocenters. The third kappa shape index (κ3) is 6.12. The van der Waals surface area contributed by atoms with Crippen molar-refractivity contribution in [2.45, 2.75) is 6.61 Å². The molecule has 4 amide bonds. The van der Waals surface area contributed by atoms with Gasteiger partial charge >= 0.3 is 6.03 Å². The Morgan fingerprint density at radius 2 is 1.76 bits per heavy atom. The molecule has 9 nitrogen and oxygen atoms in total. The first-order valence-corrected chi connectivity index (χ1v) is 12.1. The molecule has 0 aliphatic carbocycles. The minimum Gasteiger partial charge on any atom is -0.495 e. The highest BCUT2D eigenvalue weighted by molar-refractivity contribution is 9.10. The number of amides is 4. The highest BCUT2D eigenvalue weighted by atomic mass is 79.9. The van der Waals surface area contributed by atoms with Crippen molar-refractivity contribution in [1.29, 1.82) is 0 Å². The van der Waals surface area contributed by atoms with Crippen LogP contribution in [0.15, 0.2) is 70.8 Å². The van der Waals surface area contributed by atoms with Crippen molar-refractivity contribution in [3.05, 3.63) is 87.8 Å². The Kier molecular flexibility index (Phi) is 8.27. The molecule has 0 aromatic heterocycles. The van der Waals surface area contributed by atoms with Crippen LogP contribution in [0.1, 0.15) is 11.1 Å². The maximum Gasteiger partial charge on any atom is 0.329 e. The fourth-order valence-corrected chi connectivity index (χ4v) is 4.24. The van der Waals surface area contributed by atoms with E-state index in [-0.39, 0.29) is 18.1 Å². The number of carbonyl (C=O) groups excluding carboxylic acids is 3. The fraction of sp³-hybridized carbons (Fsp3) is 0.148. The Hall–Kier alpha value is -4.38. The van der Waals surface area contributed by atoms with Crippen LogP contribution >= 0.6 is 15.9 Å². The second-order valence-corrected chi connectivity index (χ2v) is 8.93. The van der Waals surface area contributed by atoms with Gasteiger partial charge in [-0.2, -0.15) is 0 Å². The molecule has 1 aliphatic heterocycles. The number of benzene rings is 3. The number of nitrogens with zero attached hydrogens (tertiary/aromatic N) is 1. The van der Waals surface area contributed by atoms with Crippen molar-refractivity contribution in [3.8, 4) is 17.2 Å². The average molecular weight is 584 g/mol. The van der Waals surface area contributed by atoms with Gasteiger partial charge in [-0.1, -0.05) is 24.3 Å². The maximum atomic E-state index is 13.1. The Morgan fingerprint density at radius 1 is 1.05 bits per heavy atom. The normalized spacial score (nSPS) is 13.9. The lowest BCUT2D eigenvalue weighted by Gasteiger charge is -2.14. The monoisotopic (exact) mass is 583 g/mol. The van der Waals surface area contributed by atoms with E-state index in [4.69, 9.17) is 14.2 Å². The van der Waals surface area contributed by atoms with Gasteiger partial charge < -0.3 is 24.8 Å². The smallest absolute Gasteiger partial charge is 0.329 e. The maximum absolute atomic E-state index is 13.1. The molecule has 1 saturated heterocycles. The molecular weight excluding hydrogens is 561 g/mol. The highest BCUT2D eigenvalue weighted by Crippen LogP contribution is 2.38. The number of carbonyl (C=O) groups is 3. The van der Waals surface area contributed by atoms with Crippen LogP contribution in [-0.2, 0) is 16.2 Å². The van der Waals surface area contributed by atoms with Crippen LogP contribution < -0.4 is 24.8 Å². The second-order valence-electron chi connectivity index (χ2n) is 8.08. The molecule has 4 rings (SSSR count).